The summed E-state index contributed by atoms with van der Waals surface area (Å²) < 4.78 is 2.14. The summed E-state index contributed by atoms with van der Waals surface area (Å²) in [5, 5.41) is 7.95. The first-order valence-corrected chi connectivity index (χ1v) is 6.68. The SMILES string of the molecule is CCCn1nccc1CN1CC(C)NC(C)C1. The van der Waals surface area contributed by atoms with Gasteiger partial charge in [-0.15, -0.1) is 0 Å². The molecule has 1 fully saturated rings. The second kappa shape index (κ2) is 5.65. The van der Waals surface area contributed by atoms with Crippen molar-refractivity contribution in [3.05, 3.63) is 18.0 Å². The van der Waals surface area contributed by atoms with E-state index in [1.165, 1.54) is 5.69 Å². The minimum absolute atomic E-state index is 0.585. The highest BCUT2D eigenvalue weighted by Crippen LogP contribution is 2.10. The predicted molar refractivity (Wildman–Crippen MR) is 69.9 cm³/mol. The van der Waals surface area contributed by atoms with Gasteiger partial charge >= 0.3 is 0 Å². The summed E-state index contributed by atoms with van der Waals surface area (Å²) in [6, 6.07) is 3.31. The Bertz CT molecular complexity index is 337. The number of hydrogen-bond donors (Lipinski definition) is 1. The Hall–Kier alpha value is -0.870. The maximum absolute atomic E-state index is 4.38. The fourth-order valence-corrected chi connectivity index (χ4v) is 2.71. The highest BCUT2D eigenvalue weighted by atomic mass is 15.3. The number of nitrogens with zero attached hydrogens (tertiary/aromatic N) is 3. The zero-order valence-electron chi connectivity index (χ0n) is 11.2. The Morgan fingerprint density at radius 1 is 1.35 bits per heavy atom. The molecule has 96 valence electrons. The lowest BCUT2D eigenvalue weighted by Crippen LogP contribution is -2.53. The molecule has 0 aromatic carbocycles. The first kappa shape index (κ1) is 12.6. The summed E-state index contributed by atoms with van der Waals surface area (Å²) >= 11 is 0. The maximum atomic E-state index is 4.38. The van der Waals surface area contributed by atoms with Crippen molar-refractivity contribution in [2.75, 3.05) is 13.1 Å². The molecule has 1 saturated heterocycles. The lowest BCUT2D eigenvalue weighted by Gasteiger charge is -2.36. The molecule has 1 N–H and O–H groups in total. The van der Waals surface area contributed by atoms with Crippen LogP contribution in [0.4, 0.5) is 0 Å². The van der Waals surface area contributed by atoms with Crippen molar-refractivity contribution in [2.24, 2.45) is 0 Å². The van der Waals surface area contributed by atoms with Gasteiger partial charge in [0.05, 0.1) is 5.69 Å². The van der Waals surface area contributed by atoms with Crippen LogP contribution in [-0.4, -0.2) is 39.9 Å². The van der Waals surface area contributed by atoms with Gasteiger partial charge in [0.25, 0.3) is 0 Å². The van der Waals surface area contributed by atoms with Gasteiger partial charge in [0.2, 0.25) is 0 Å². The summed E-state index contributed by atoms with van der Waals surface area (Å²) in [5.41, 5.74) is 1.34. The van der Waals surface area contributed by atoms with Crippen molar-refractivity contribution in [1.82, 2.24) is 20.0 Å². The van der Waals surface area contributed by atoms with Crippen LogP contribution in [-0.2, 0) is 13.1 Å². The van der Waals surface area contributed by atoms with Crippen LogP contribution in [0.25, 0.3) is 0 Å². The Balaban J connectivity index is 1.97. The molecule has 1 aliphatic rings. The van der Waals surface area contributed by atoms with E-state index in [9.17, 15) is 0 Å². The van der Waals surface area contributed by atoms with Gasteiger partial charge in [0, 0.05) is 44.5 Å². The summed E-state index contributed by atoms with van der Waals surface area (Å²) in [7, 11) is 0. The molecule has 2 unspecified atom stereocenters. The largest absolute Gasteiger partial charge is 0.309 e. The van der Waals surface area contributed by atoms with Crippen molar-refractivity contribution in [3.8, 4) is 0 Å². The van der Waals surface area contributed by atoms with E-state index in [0.29, 0.717) is 12.1 Å². The Labute approximate surface area is 104 Å². The van der Waals surface area contributed by atoms with Crippen LogP contribution in [0.3, 0.4) is 0 Å². The molecule has 2 rings (SSSR count). The number of piperazine rings is 1. The van der Waals surface area contributed by atoms with Crippen molar-refractivity contribution < 1.29 is 0 Å². The van der Waals surface area contributed by atoms with E-state index in [4.69, 9.17) is 0 Å². The number of aromatic nitrogens is 2. The van der Waals surface area contributed by atoms with Gasteiger partial charge in [-0.2, -0.15) is 5.10 Å². The van der Waals surface area contributed by atoms with E-state index in [0.717, 1.165) is 32.6 Å². The van der Waals surface area contributed by atoms with E-state index in [2.05, 4.69) is 46.8 Å². The molecule has 0 bridgehead atoms. The smallest absolute Gasteiger partial charge is 0.0524 e. The lowest BCUT2D eigenvalue weighted by atomic mass is 10.1. The number of rotatable bonds is 4. The molecular formula is C13H24N4. The molecular weight excluding hydrogens is 212 g/mol. The fraction of sp³-hybridized carbons (Fsp3) is 0.769. The third-order valence-corrected chi connectivity index (χ3v) is 3.26. The first-order valence-electron chi connectivity index (χ1n) is 6.68. The van der Waals surface area contributed by atoms with E-state index >= 15 is 0 Å². The van der Waals surface area contributed by atoms with Crippen LogP contribution >= 0.6 is 0 Å². The fourth-order valence-electron chi connectivity index (χ4n) is 2.71. The van der Waals surface area contributed by atoms with Crippen LogP contribution in [0.5, 0.6) is 0 Å². The van der Waals surface area contributed by atoms with Crippen LogP contribution in [0.2, 0.25) is 0 Å². The van der Waals surface area contributed by atoms with Crippen LogP contribution in [0, 0.1) is 0 Å². The second-order valence-corrected chi connectivity index (χ2v) is 5.21. The van der Waals surface area contributed by atoms with E-state index in [1.807, 2.05) is 6.20 Å². The Kier molecular flexibility index (Phi) is 4.18. The minimum atomic E-state index is 0.585. The summed E-state index contributed by atoms with van der Waals surface area (Å²) in [5.74, 6) is 0. The third-order valence-electron chi connectivity index (χ3n) is 3.26. The van der Waals surface area contributed by atoms with Crippen molar-refractivity contribution in [3.63, 3.8) is 0 Å². The van der Waals surface area contributed by atoms with Gasteiger partial charge in [-0.25, -0.2) is 0 Å². The van der Waals surface area contributed by atoms with Gasteiger partial charge in [0.1, 0.15) is 0 Å². The van der Waals surface area contributed by atoms with Crippen molar-refractivity contribution in [1.29, 1.82) is 0 Å². The number of nitrogens with one attached hydrogen (secondary N) is 1. The van der Waals surface area contributed by atoms with Gasteiger partial charge in [-0.05, 0) is 26.3 Å². The van der Waals surface area contributed by atoms with Gasteiger partial charge in [0.15, 0.2) is 0 Å². The van der Waals surface area contributed by atoms with E-state index in [1.54, 1.807) is 0 Å². The predicted octanol–water partition coefficient (Wildman–Crippen LogP) is 1.48. The monoisotopic (exact) mass is 236 g/mol. The molecule has 1 aromatic heterocycles. The minimum Gasteiger partial charge on any atom is -0.309 e. The maximum Gasteiger partial charge on any atom is 0.0524 e. The van der Waals surface area contributed by atoms with Crippen molar-refractivity contribution >= 4 is 0 Å². The molecule has 1 aliphatic heterocycles. The quantitative estimate of drug-likeness (QED) is 0.859. The Morgan fingerprint density at radius 3 is 2.71 bits per heavy atom. The molecule has 2 heterocycles. The number of hydrogen-bond acceptors (Lipinski definition) is 3. The van der Waals surface area contributed by atoms with Gasteiger partial charge in [-0.3, -0.25) is 9.58 Å². The molecule has 0 aliphatic carbocycles. The molecule has 17 heavy (non-hydrogen) atoms. The molecule has 0 amide bonds. The van der Waals surface area contributed by atoms with Crippen molar-refractivity contribution in [2.45, 2.75) is 52.4 Å². The summed E-state index contributed by atoms with van der Waals surface area (Å²) in [4.78, 5) is 2.52. The Morgan fingerprint density at radius 2 is 2.06 bits per heavy atom. The molecule has 4 nitrogen and oxygen atoms in total. The summed E-state index contributed by atoms with van der Waals surface area (Å²) in [6.45, 7) is 11.0. The molecule has 1 aromatic rings. The normalized spacial score (nSPS) is 26.3. The topological polar surface area (TPSA) is 33.1 Å². The van der Waals surface area contributed by atoms with Crippen LogP contribution in [0.15, 0.2) is 12.3 Å². The second-order valence-electron chi connectivity index (χ2n) is 5.21. The highest BCUT2D eigenvalue weighted by molar-refractivity contribution is 5.01. The first-order chi connectivity index (χ1) is 8.19. The molecule has 0 radical (unpaired) electrons. The summed E-state index contributed by atoms with van der Waals surface area (Å²) in [6.07, 6.45) is 3.06. The van der Waals surface area contributed by atoms with Crippen LogP contribution < -0.4 is 5.32 Å². The van der Waals surface area contributed by atoms with E-state index in [-0.39, 0.29) is 0 Å². The zero-order chi connectivity index (χ0) is 12.3. The average molecular weight is 236 g/mol. The molecule has 0 spiro atoms. The van der Waals surface area contributed by atoms with E-state index < -0.39 is 0 Å². The molecule has 2 atom stereocenters. The standard InChI is InChI=1S/C13H24N4/c1-4-7-17-13(5-6-14-17)10-16-8-11(2)15-12(3)9-16/h5-6,11-12,15H,4,7-10H2,1-3H3. The lowest BCUT2D eigenvalue weighted by molar-refractivity contribution is 0.162. The van der Waals surface area contributed by atoms with Crippen LogP contribution in [0.1, 0.15) is 32.9 Å². The molecule has 4 heteroatoms. The zero-order valence-corrected chi connectivity index (χ0v) is 11.2. The average Bonchev–Trinajstić information content (AvgIpc) is 2.65. The molecule has 0 saturated carbocycles. The third kappa shape index (κ3) is 3.30. The highest BCUT2D eigenvalue weighted by Gasteiger charge is 2.21. The number of aryl methyl sites for hydroxylation is 1. The van der Waals surface area contributed by atoms with Gasteiger partial charge < -0.3 is 5.32 Å². The van der Waals surface area contributed by atoms with Gasteiger partial charge in [-0.1, -0.05) is 6.92 Å².